The van der Waals surface area contributed by atoms with Crippen LogP contribution in [0.4, 0.5) is 0 Å². The first-order chi connectivity index (χ1) is 11.2. The highest BCUT2D eigenvalue weighted by Gasteiger charge is 2.32. The second-order valence-electron chi connectivity index (χ2n) is 5.69. The Morgan fingerprint density at radius 2 is 2.13 bits per heavy atom. The fourth-order valence-corrected chi connectivity index (χ4v) is 3.13. The Hall–Kier alpha value is -2.95. The fourth-order valence-electron chi connectivity index (χ4n) is 3.13. The Morgan fingerprint density at radius 3 is 2.91 bits per heavy atom. The van der Waals surface area contributed by atoms with E-state index in [-0.39, 0.29) is 11.8 Å². The standard InChI is InChI=1S/C18H14N2O3/c1-2-10-3-5-12-11(9-10)4-7-14-16(12)17(20-23-14)13-6-8-15(21)19-18(13)22/h2-5,7,9,13H,1,6,8H2,(H,19,21,22)/t13-/m0/s1. The summed E-state index contributed by atoms with van der Waals surface area (Å²) in [6.07, 6.45) is 2.56. The van der Waals surface area contributed by atoms with Gasteiger partial charge < -0.3 is 4.52 Å². The van der Waals surface area contributed by atoms with Crippen LogP contribution in [0.5, 0.6) is 0 Å². The summed E-state index contributed by atoms with van der Waals surface area (Å²) < 4.78 is 5.41. The molecule has 3 aromatic rings. The third kappa shape index (κ3) is 2.12. The highest BCUT2D eigenvalue weighted by Crippen LogP contribution is 2.35. The van der Waals surface area contributed by atoms with Crippen molar-refractivity contribution < 1.29 is 14.1 Å². The van der Waals surface area contributed by atoms with Gasteiger partial charge in [0.25, 0.3) is 0 Å². The van der Waals surface area contributed by atoms with Crippen molar-refractivity contribution in [1.82, 2.24) is 10.5 Å². The molecular weight excluding hydrogens is 292 g/mol. The van der Waals surface area contributed by atoms with E-state index in [1.54, 1.807) is 6.08 Å². The predicted molar refractivity (Wildman–Crippen MR) is 86.7 cm³/mol. The maximum absolute atomic E-state index is 12.2. The number of benzene rings is 2. The van der Waals surface area contributed by atoms with Crippen LogP contribution in [0.1, 0.15) is 30.0 Å². The number of fused-ring (bicyclic) bond motifs is 3. The van der Waals surface area contributed by atoms with Crippen molar-refractivity contribution in [2.75, 3.05) is 0 Å². The molecule has 1 aliphatic heterocycles. The Balaban J connectivity index is 1.94. The monoisotopic (exact) mass is 306 g/mol. The Bertz CT molecular complexity index is 971. The molecule has 0 radical (unpaired) electrons. The predicted octanol–water partition coefficient (Wildman–Crippen LogP) is 3.14. The molecule has 1 saturated heterocycles. The van der Waals surface area contributed by atoms with Gasteiger partial charge in [0.05, 0.1) is 11.3 Å². The van der Waals surface area contributed by atoms with Crippen LogP contribution in [0.3, 0.4) is 0 Å². The number of imide groups is 1. The van der Waals surface area contributed by atoms with Crippen molar-refractivity contribution in [2.45, 2.75) is 18.8 Å². The first-order valence-corrected chi connectivity index (χ1v) is 7.45. The summed E-state index contributed by atoms with van der Waals surface area (Å²) in [5, 5.41) is 9.35. The van der Waals surface area contributed by atoms with Gasteiger partial charge in [-0.05, 0) is 34.9 Å². The molecule has 0 aliphatic carbocycles. The maximum Gasteiger partial charge on any atom is 0.235 e. The summed E-state index contributed by atoms with van der Waals surface area (Å²) in [7, 11) is 0. The van der Waals surface area contributed by atoms with Crippen LogP contribution >= 0.6 is 0 Å². The molecule has 23 heavy (non-hydrogen) atoms. The van der Waals surface area contributed by atoms with E-state index in [9.17, 15) is 9.59 Å². The molecule has 5 heteroatoms. The lowest BCUT2D eigenvalue weighted by Gasteiger charge is -2.19. The molecule has 1 aromatic heterocycles. The minimum Gasteiger partial charge on any atom is -0.356 e. The van der Waals surface area contributed by atoms with Crippen molar-refractivity contribution in [1.29, 1.82) is 0 Å². The third-order valence-corrected chi connectivity index (χ3v) is 4.31. The fraction of sp³-hybridized carbons (Fsp3) is 0.167. The second kappa shape index (κ2) is 5.05. The van der Waals surface area contributed by atoms with E-state index in [1.165, 1.54) is 0 Å². The molecule has 0 saturated carbocycles. The number of piperidine rings is 1. The quantitative estimate of drug-likeness (QED) is 0.738. The van der Waals surface area contributed by atoms with Crippen LogP contribution in [0.15, 0.2) is 41.4 Å². The van der Waals surface area contributed by atoms with Crippen LogP contribution < -0.4 is 5.32 Å². The highest BCUT2D eigenvalue weighted by molar-refractivity contribution is 6.10. The van der Waals surface area contributed by atoms with Gasteiger partial charge in [-0.1, -0.05) is 36.0 Å². The molecule has 2 aromatic carbocycles. The van der Waals surface area contributed by atoms with Crippen LogP contribution in [0.25, 0.3) is 27.8 Å². The van der Waals surface area contributed by atoms with E-state index in [4.69, 9.17) is 4.52 Å². The van der Waals surface area contributed by atoms with E-state index >= 15 is 0 Å². The minimum absolute atomic E-state index is 0.237. The van der Waals surface area contributed by atoms with Crippen molar-refractivity contribution in [3.05, 3.63) is 48.2 Å². The van der Waals surface area contributed by atoms with Gasteiger partial charge in [-0.3, -0.25) is 14.9 Å². The van der Waals surface area contributed by atoms with Gasteiger partial charge in [-0.2, -0.15) is 0 Å². The number of hydrogen-bond donors (Lipinski definition) is 1. The van der Waals surface area contributed by atoms with Crippen LogP contribution in [-0.2, 0) is 9.59 Å². The second-order valence-corrected chi connectivity index (χ2v) is 5.69. The highest BCUT2D eigenvalue weighted by atomic mass is 16.5. The lowest BCUT2D eigenvalue weighted by atomic mass is 9.91. The molecule has 0 bridgehead atoms. The van der Waals surface area contributed by atoms with Crippen molar-refractivity contribution in [3.63, 3.8) is 0 Å². The van der Waals surface area contributed by atoms with Gasteiger partial charge in [0.2, 0.25) is 11.8 Å². The summed E-state index contributed by atoms with van der Waals surface area (Å²) in [5.74, 6) is -1.01. The zero-order valence-corrected chi connectivity index (χ0v) is 12.3. The lowest BCUT2D eigenvalue weighted by molar-refractivity contribution is -0.134. The van der Waals surface area contributed by atoms with Crippen LogP contribution in [0.2, 0.25) is 0 Å². The summed E-state index contributed by atoms with van der Waals surface area (Å²) in [6.45, 7) is 3.78. The van der Waals surface area contributed by atoms with E-state index in [2.05, 4.69) is 17.1 Å². The lowest BCUT2D eigenvalue weighted by Crippen LogP contribution is -2.39. The van der Waals surface area contributed by atoms with E-state index < -0.39 is 5.92 Å². The van der Waals surface area contributed by atoms with Crippen molar-refractivity contribution in [2.24, 2.45) is 0 Å². The molecule has 1 N–H and O–H groups in total. The maximum atomic E-state index is 12.2. The largest absolute Gasteiger partial charge is 0.356 e. The average Bonchev–Trinajstić information content (AvgIpc) is 2.98. The molecule has 4 rings (SSSR count). The van der Waals surface area contributed by atoms with Crippen LogP contribution in [-0.4, -0.2) is 17.0 Å². The number of hydrogen-bond acceptors (Lipinski definition) is 4. The normalized spacial score (nSPS) is 18.3. The van der Waals surface area contributed by atoms with Gasteiger partial charge >= 0.3 is 0 Å². The van der Waals surface area contributed by atoms with Gasteiger partial charge in [-0.25, -0.2) is 0 Å². The smallest absolute Gasteiger partial charge is 0.235 e. The molecule has 2 heterocycles. The molecule has 1 fully saturated rings. The number of nitrogens with one attached hydrogen (secondary N) is 1. The summed E-state index contributed by atoms with van der Waals surface area (Å²) in [5.41, 5.74) is 2.27. The summed E-state index contributed by atoms with van der Waals surface area (Å²) in [4.78, 5) is 23.5. The Labute approximate surface area is 131 Å². The Morgan fingerprint density at radius 1 is 1.26 bits per heavy atom. The van der Waals surface area contributed by atoms with Gasteiger partial charge in [0, 0.05) is 6.42 Å². The molecule has 2 amide bonds. The third-order valence-electron chi connectivity index (χ3n) is 4.31. The molecule has 1 atom stereocenters. The number of aromatic nitrogens is 1. The molecular formula is C18H14N2O3. The van der Waals surface area contributed by atoms with Crippen molar-refractivity contribution in [3.8, 4) is 0 Å². The number of carbonyl (C=O) groups is 2. The number of carbonyl (C=O) groups excluding carboxylic acids is 2. The van der Waals surface area contributed by atoms with Crippen molar-refractivity contribution >= 4 is 39.6 Å². The van der Waals surface area contributed by atoms with Crippen LogP contribution in [0, 0.1) is 0 Å². The number of nitrogens with zero attached hydrogens (tertiary/aromatic N) is 1. The topological polar surface area (TPSA) is 72.2 Å². The molecule has 114 valence electrons. The van der Waals surface area contributed by atoms with Gasteiger partial charge in [-0.15, -0.1) is 0 Å². The minimum atomic E-state index is -0.460. The molecule has 1 aliphatic rings. The Kier molecular flexibility index (Phi) is 3.01. The van der Waals surface area contributed by atoms with Gasteiger partial charge in [0.15, 0.2) is 5.58 Å². The summed E-state index contributed by atoms with van der Waals surface area (Å²) in [6, 6.07) is 9.80. The van der Waals surface area contributed by atoms with E-state index in [1.807, 2.05) is 30.3 Å². The SMILES string of the molecule is C=Cc1ccc2c(ccc3onc([C@@H]4CCC(=O)NC4=O)c32)c1. The molecule has 5 nitrogen and oxygen atoms in total. The van der Waals surface area contributed by atoms with E-state index in [0.717, 1.165) is 21.7 Å². The number of rotatable bonds is 2. The van der Waals surface area contributed by atoms with E-state index in [0.29, 0.717) is 24.1 Å². The molecule has 0 spiro atoms. The molecule has 0 unspecified atom stereocenters. The first kappa shape index (κ1) is 13.7. The van der Waals surface area contributed by atoms with Gasteiger partial charge in [0.1, 0.15) is 5.69 Å². The number of amides is 2. The zero-order chi connectivity index (χ0) is 16.0. The summed E-state index contributed by atoms with van der Waals surface area (Å²) >= 11 is 0. The first-order valence-electron chi connectivity index (χ1n) is 7.45. The zero-order valence-electron chi connectivity index (χ0n) is 12.3. The average molecular weight is 306 g/mol.